The van der Waals surface area contributed by atoms with E-state index in [1.165, 1.54) is 12.1 Å². The van der Waals surface area contributed by atoms with Crippen LogP contribution < -0.4 is 4.90 Å². The minimum Gasteiger partial charge on any atom is -0.274 e. The molecule has 0 aromatic heterocycles. The van der Waals surface area contributed by atoms with Gasteiger partial charge in [-0.15, -0.1) is 0 Å². The Bertz CT molecular complexity index is 604. The molecule has 0 N–H and O–H groups in total. The van der Waals surface area contributed by atoms with Crippen molar-refractivity contribution in [2.24, 2.45) is 23.7 Å². The molecular weight excluding hydrogens is 281 g/mol. The maximum absolute atomic E-state index is 14.0. The Hall–Kier alpha value is -1.42. The Morgan fingerprint density at radius 3 is 2.25 bits per heavy atom. The molecule has 2 amide bonds. The van der Waals surface area contributed by atoms with Crippen LogP contribution in [0.2, 0.25) is 5.02 Å². The largest absolute Gasteiger partial charge is 0.274 e. The first kappa shape index (κ1) is 12.3. The molecule has 3 fully saturated rings. The third kappa shape index (κ3) is 1.46. The lowest BCUT2D eigenvalue weighted by Crippen LogP contribution is -2.33. The van der Waals surface area contributed by atoms with Crippen molar-refractivity contribution in [2.75, 3.05) is 4.90 Å². The Labute approximate surface area is 120 Å². The maximum atomic E-state index is 14.0. The zero-order valence-electron chi connectivity index (χ0n) is 10.7. The van der Waals surface area contributed by atoms with Gasteiger partial charge in [-0.3, -0.25) is 9.59 Å². The molecule has 2 bridgehead atoms. The van der Waals surface area contributed by atoms with Crippen LogP contribution in [0.15, 0.2) is 18.2 Å². The lowest BCUT2D eigenvalue weighted by atomic mass is 9.81. The first-order valence-electron chi connectivity index (χ1n) is 6.91. The van der Waals surface area contributed by atoms with Gasteiger partial charge in [-0.05, 0) is 49.3 Å². The summed E-state index contributed by atoms with van der Waals surface area (Å²) in [5.41, 5.74) is 0.0400. The second-order valence-electron chi connectivity index (χ2n) is 5.99. The predicted molar refractivity (Wildman–Crippen MR) is 71.7 cm³/mol. The summed E-state index contributed by atoms with van der Waals surface area (Å²) in [7, 11) is 0. The van der Waals surface area contributed by atoms with Gasteiger partial charge in [0, 0.05) is 5.02 Å². The fourth-order valence-corrected chi connectivity index (χ4v) is 4.47. The van der Waals surface area contributed by atoms with Crippen LogP contribution in [-0.2, 0) is 9.59 Å². The quantitative estimate of drug-likeness (QED) is 0.747. The summed E-state index contributed by atoms with van der Waals surface area (Å²) in [6.07, 6.45) is 3.01. The normalized spacial score (nSPS) is 35.0. The number of carbonyl (C=O) groups excluding carboxylic acids is 2. The molecule has 4 rings (SSSR count). The lowest BCUT2D eigenvalue weighted by molar-refractivity contribution is -0.123. The highest BCUT2D eigenvalue weighted by Crippen LogP contribution is 2.56. The molecule has 4 atom stereocenters. The van der Waals surface area contributed by atoms with Crippen LogP contribution in [0.25, 0.3) is 0 Å². The Balaban J connectivity index is 1.77. The molecule has 1 aliphatic heterocycles. The van der Waals surface area contributed by atoms with E-state index in [0.29, 0.717) is 11.8 Å². The summed E-state index contributed by atoms with van der Waals surface area (Å²) < 4.78 is 14.0. The number of benzene rings is 1. The van der Waals surface area contributed by atoms with Crippen molar-refractivity contribution >= 4 is 29.1 Å². The second kappa shape index (κ2) is 4.04. The number of nitrogens with zero attached hydrogens (tertiary/aromatic N) is 1. The van der Waals surface area contributed by atoms with Crippen molar-refractivity contribution in [3.05, 3.63) is 29.0 Å². The minimum absolute atomic E-state index is 0.0400. The van der Waals surface area contributed by atoms with Gasteiger partial charge in [0.1, 0.15) is 5.82 Å². The third-order valence-electron chi connectivity index (χ3n) is 5.08. The molecule has 1 aromatic rings. The van der Waals surface area contributed by atoms with Gasteiger partial charge in [-0.1, -0.05) is 11.6 Å². The number of carbonyl (C=O) groups is 2. The average molecular weight is 294 g/mol. The zero-order chi connectivity index (χ0) is 14.0. The predicted octanol–water partition coefficient (Wildman–Crippen LogP) is 3.01. The first-order valence-corrected chi connectivity index (χ1v) is 7.28. The third-order valence-corrected chi connectivity index (χ3v) is 5.31. The second-order valence-corrected chi connectivity index (χ2v) is 6.43. The molecule has 104 valence electrons. The Morgan fingerprint density at radius 1 is 1.10 bits per heavy atom. The van der Waals surface area contributed by atoms with E-state index in [9.17, 15) is 14.0 Å². The van der Waals surface area contributed by atoms with Gasteiger partial charge >= 0.3 is 0 Å². The van der Waals surface area contributed by atoms with Crippen LogP contribution in [0.1, 0.15) is 19.3 Å². The van der Waals surface area contributed by atoms with Crippen LogP contribution in [0.4, 0.5) is 10.1 Å². The number of fused-ring (bicyclic) bond motifs is 5. The minimum atomic E-state index is -0.619. The van der Waals surface area contributed by atoms with Gasteiger partial charge in [0.15, 0.2) is 0 Å². The lowest BCUT2D eigenvalue weighted by Gasteiger charge is -2.19. The number of hydrogen-bond acceptors (Lipinski definition) is 2. The topological polar surface area (TPSA) is 37.4 Å². The molecule has 5 heteroatoms. The van der Waals surface area contributed by atoms with E-state index < -0.39 is 5.82 Å². The summed E-state index contributed by atoms with van der Waals surface area (Å²) in [4.78, 5) is 26.1. The molecule has 0 unspecified atom stereocenters. The number of halogens is 2. The highest BCUT2D eigenvalue weighted by atomic mass is 35.5. The van der Waals surface area contributed by atoms with Gasteiger partial charge in [0.2, 0.25) is 11.8 Å². The van der Waals surface area contributed by atoms with Crippen molar-refractivity contribution in [3.8, 4) is 0 Å². The highest BCUT2D eigenvalue weighted by molar-refractivity contribution is 6.31. The van der Waals surface area contributed by atoms with Crippen LogP contribution in [0, 0.1) is 29.5 Å². The van der Waals surface area contributed by atoms with Crippen LogP contribution >= 0.6 is 11.6 Å². The molecule has 0 spiro atoms. The summed E-state index contributed by atoms with van der Waals surface area (Å²) in [5, 5.41) is 0.255. The van der Waals surface area contributed by atoms with Gasteiger partial charge in [-0.2, -0.15) is 0 Å². The summed E-state index contributed by atoms with van der Waals surface area (Å²) in [5.74, 6) is -0.912. The fourth-order valence-electron chi connectivity index (χ4n) is 4.31. The van der Waals surface area contributed by atoms with E-state index >= 15 is 0 Å². The molecule has 0 radical (unpaired) electrons. The van der Waals surface area contributed by atoms with Crippen LogP contribution in [0.3, 0.4) is 0 Å². The van der Waals surface area contributed by atoms with Crippen molar-refractivity contribution in [2.45, 2.75) is 19.3 Å². The first-order chi connectivity index (χ1) is 9.58. The maximum Gasteiger partial charge on any atom is 0.238 e. The van der Waals surface area contributed by atoms with E-state index in [1.54, 1.807) is 0 Å². The monoisotopic (exact) mass is 293 g/mol. The highest BCUT2D eigenvalue weighted by Gasteiger charge is 2.61. The van der Waals surface area contributed by atoms with E-state index in [1.807, 2.05) is 0 Å². The van der Waals surface area contributed by atoms with Crippen molar-refractivity contribution in [1.29, 1.82) is 0 Å². The standard InChI is InChI=1S/C15H13ClFNO2/c16-9-3-4-11(10(17)6-9)18-14(19)12-7-1-2-8(5-7)13(12)15(18)20/h3-4,6-8,12-13H,1-2,5H2/t7-,8-,12-,13-/m0/s1. The van der Waals surface area contributed by atoms with Crippen molar-refractivity contribution in [3.63, 3.8) is 0 Å². The smallest absolute Gasteiger partial charge is 0.238 e. The van der Waals surface area contributed by atoms with E-state index in [-0.39, 0.29) is 34.4 Å². The molecule has 1 heterocycles. The fraction of sp³-hybridized carbons (Fsp3) is 0.467. The number of hydrogen-bond donors (Lipinski definition) is 0. The van der Waals surface area contributed by atoms with Crippen molar-refractivity contribution in [1.82, 2.24) is 0 Å². The summed E-state index contributed by atoms with van der Waals surface area (Å²) in [6, 6.07) is 4.06. The number of amides is 2. The molecular formula is C15H13ClFNO2. The molecule has 1 aromatic carbocycles. The van der Waals surface area contributed by atoms with Gasteiger partial charge in [0.25, 0.3) is 0 Å². The number of rotatable bonds is 1. The molecule has 2 saturated carbocycles. The SMILES string of the molecule is O=C1[C@H]2[C@H]3CC[C@@H](C3)[C@@H]2C(=O)N1c1ccc(Cl)cc1F. The van der Waals surface area contributed by atoms with Crippen molar-refractivity contribution < 1.29 is 14.0 Å². The average Bonchev–Trinajstić information content (AvgIpc) is 3.06. The molecule has 3 nitrogen and oxygen atoms in total. The Kier molecular flexibility index (Phi) is 2.49. The zero-order valence-corrected chi connectivity index (χ0v) is 11.4. The van der Waals surface area contributed by atoms with Gasteiger partial charge in [0.05, 0.1) is 17.5 Å². The van der Waals surface area contributed by atoms with Gasteiger partial charge < -0.3 is 0 Å². The number of anilines is 1. The van der Waals surface area contributed by atoms with Crippen LogP contribution in [-0.4, -0.2) is 11.8 Å². The van der Waals surface area contributed by atoms with E-state index in [2.05, 4.69) is 0 Å². The van der Waals surface area contributed by atoms with Crippen LogP contribution in [0.5, 0.6) is 0 Å². The van der Waals surface area contributed by atoms with Gasteiger partial charge in [-0.25, -0.2) is 9.29 Å². The Morgan fingerprint density at radius 2 is 1.70 bits per heavy atom. The molecule has 1 saturated heterocycles. The molecule has 20 heavy (non-hydrogen) atoms. The summed E-state index contributed by atoms with van der Waals surface area (Å²) in [6.45, 7) is 0. The molecule has 3 aliphatic rings. The van der Waals surface area contributed by atoms with E-state index in [0.717, 1.165) is 30.2 Å². The van der Waals surface area contributed by atoms with E-state index in [4.69, 9.17) is 11.6 Å². The number of imide groups is 1. The summed E-state index contributed by atoms with van der Waals surface area (Å²) >= 11 is 5.72. The molecule has 2 aliphatic carbocycles.